The number of nitrogens with one attached hydrogen (secondary N) is 1. The molecule has 1 atom stereocenters. The van der Waals surface area contributed by atoms with E-state index in [0.717, 1.165) is 35.7 Å². The summed E-state index contributed by atoms with van der Waals surface area (Å²) >= 11 is 9.83. The van der Waals surface area contributed by atoms with Gasteiger partial charge in [0, 0.05) is 41.7 Å². The molecule has 0 amide bonds. The zero-order valence-electron chi connectivity index (χ0n) is 11.7. The second-order valence-electron chi connectivity index (χ2n) is 5.34. The summed E-state index contributed by atoms with van der Waals surface area (Å²) in [6, 6.07) is 17.2. The SMILES string of the molecule is Clc1cc(Br)ccc1CN1CCNCC1c1ccccc1. The molecule has 1 fully saturated rings. The van der Waals surface area contributed by atoms with Gasteiger partial charge in [0.05, 0.1) is 0 Å². The zero-order chi connectivity index (χ0) is 14.7. The number of nitrogens with zero attached hydrogens (tertiary/aromatic N) is 1. The van der Waals surface area contributed by atoms with Gasteiger partial charge in [-0.15, -0.1) is 0 Å². The normalized spacial score (nSPS) is 19.6. The quantitative estimate of drug-likeness (QED) is 0.875. The lowest BCUT2D eigenvalue weighted by Gasteiger charge is -2.36. The van der Waals surface area contributed by atoms with Gasteiger partial charge in [-0.1, -0.05) is 63.9 Å². The van der Waals surface area contributed by atoms with Crippen molar-refractivity contribution in [1.29, 1.82) is 0 Å². The fourth-order valence-corrected chi connectivity index (χ4v) is 3.54. The molecule has 2 aromatic rings. The minimum Gasteiger partial charge on any atom is -0.314 e. The summed E-state index contributed by atoms with van der Waals surface area (Å²) in [6.45, 7) is 3.93. The molecule has 1 saturated heterocycles. The Hall–Kier alpha value is -0.870. The average Bonchev–Trinajstić information content (AvgIpc) is 2.51. The van der Waals surface area contributed by atoms with Gasteiger partial charge in [-0.2, -0.15) is 0 Å². The first-order valence-electron chi connectivity index (χ1n) is 7.17. The Morgan fingerprint density at radius 2 is 2.00 bits per heavy atom. The van der Waals surface area contributed by atoms with Crippen molar-refractivity contribution in [3.05, 3.63) is 69.2 Å². The van der Waals surface area contributed by atoms with Crippen LogP contribution >= 0.6 is 27.5 Å². The molecule has 2 aromatic carbocycles. The predicted molar refractivity (Wildman–Crippen MR) is 91.6 cm³/mol. The van der Waals surface area contributed by atoms with Crippen molar-refractivity contribution in [2.75, 3.05) is 19.6 Å². The van der Waals surface area contributed by atoms with Gasteiger partial charge in [-0.05, 0) is 23.3 Å². The molecule has 0 bridgehead atoms. The van der Waals surface area contributed by atoms with Crippen molar-refractivity contribution in [2.45, 2.75) is 12.6 Å². The van der Waals surface area contributed by atoms with Crippen LogP contribution in [-0.2, 0) is 6.54 Å². The van der Waals surface area contributed by atoms with Crippen molar-refractivity contribution < 1.29 is 0 Å². The summed E-state index contributed by atoms with van der Waals surface area (Å²) in [6.07, 6.45) is 0. The highest BCUT2D eigenvalue weighted by Gasteiger charge is 2.24. The van der Waals surface area contributed by atoms with Gasteiger partial charge >= 0.3 is 0 Å². The Labute approximate surface area is 139 Å². The summed E-state index contributed by atoms with van der Waals surface area (Å²) in [5.74, 6) is 0. The third-order valence-electron chi connectivity index (χ3n) is 3.93. The van der Waals surface area contributed by atoms with E-state index >= 15 is 0 Å². The van der Waals surface area contributed by atoms with Gasteiger partial charge in [-0.3, -0.25) is 4.90 Å². The molecule has 0 aromatic heterocycles. The standard InChI is InChI=1S/C17H18BrClN2/c18-15-7-6-14(16(19)10-15)12-21-9-8-20-11-17(21)13-4-2-1-3-5-13/h1-7,10,17,20H,8-9,11-12H2. The van der Waals surface area contributed by atoms with Crippen molar-refractivity contribution in [3.8, 4) is 0 Å². The van der Waals surface area contributed by atoms with Crippen LogP contribution in [0, 0.1) is 0 Å². The van der Waals surface area contributed by atoms with Crippen LogP contribution < -0.4 is 5.32 Å². The fourth-order valence-electron chi connectivity index (χ4n) is 2.81. The molecular formula is C17H18BrClN2. The zero-order valence-corrected chi connectivity index (χ0v) is 14.1. The van der Waals surface area contributed by atoms with Crippen LogP contribution in [0.5, 0.6) is 0 Å². The summed E-state index contributed by atoms with van der Waals surface area (Å²) in [5.41, 5.74) is 2.54. The largest absolute Gasteiger partial charge is 0.314 e. The van der Waals surface area contributed by atoms with E-state index in [0.29, 0.717) is 6.04 Å². The van der Waals surface area contributed by atoms with Gasteiger partial charge in [0.1, 0.15) is 0 Å². The summed E-state index contributed by atoms with van der Waals surface area (Å²) in [7, 11) is 0. The van der Waals surface area contributed by atoms with Crippen LogP contribution in [0.25, 0.3) is 0 Å². The lowest BCUT2D eigenvalue weighted by atomic mass is 10.0. The highest BCUT2D eigenvalue weighted by molar-refractivity contribution is 9.10. The van der Waals surface area contributed by atoms with E-state index in [4.69, 9.17) is 11.6 Å². The third-order valence-corrected chi connectivity index (χ3v) is 4.77. The third kappa shape index (κ3) is 3.67. The van der Waals surface area contributed by atoms with Crippen molar-refractivity contribution >= 4 is 27.5 Å². The molecule has 2 nitrogen and oxygen atoms in total. The summed E-state index contributed by atoms with van der Waals surface area (Å²) in [4.78, 5) is 2.50. The van der Waals surface area contributed by atoms with Gasteiger partial charge < -0.3 is 5.32 Å². The molecule has 0 aliphatic carbocycles. The number of halogens is 2. The molecular weight excluding hydrogens is 348 g/mol. The monoisotopic (exact) mass is 364 g/mol. The van der Waals surface area contributed by atoms with Crippen molar-refractivity contribution in [1.82, 2.24) is 10.2 Å². The smallest absolute Gasteiger partial charge is 0.0476 e. The van der Waals surface area contributed by atoms with E-state index in [2.05, 4.69) is 68.6 Å². The van der Waals surface area contributed by atoms with Crippen LogP contribution in [0.1, 0.15) is 17.2 Å². The highest BCUT2D eigenvalue weighted by Crippen LogP contribution is 2.27. The molecule has 0 spiro atoms. The van der Waals surface area contributed by atoms with Crippen LogP contribution in [0.4, 0.5) is 0 Å². The van der Waals surface area contributed by atoms with Gasteiger partial charge in [0.25, 0.3) is 0 Å². The Balaban J connectivity index is 1.81. The molecule has 21 heavy (non-hydrogen) atoms. The van der Waals surface area contributed by atoms with E-state index in [9.17, 15) is 0 Å². The lowest BCUT2D eigenvalue weighted by Crippen LogP contribution is -2.45. The van der Waals surface area contributed by atoms with Crippen LogP contribution in [0.2, 0.25) is 5.02 Å². The molecule has 4 heteroatoms. The first kappa shape index (κ1) is 15.0. The Morgan fingerprint density at radius 3 is 2.76 bits per heavy atom. The van der Waals surface area contributed by atoms with Gasteiger partial charge in [0.2, 0.25) is 0 Å². The Bertz CT molecular complexity index is 603. The van der Waals surface area contributed by atoms with Crippen LogP contribution in [-0.4, -0.2) is 24.5 Å². The fraction of sp³-hybridized carbons (Fsp3) is 0.294. The number of hydrogen-bond donors (Lipinski definition) is 1. The number of hydrogen-bond acceptors (Lipinski definition) is 2. The maximum absolute atomic E-state index is 6.37. The molecule has 3 rings (SSSR count). The first-order chi connectivity index (χ1) is 10.2. The first-order valence-corrected chi connectivity index (χ1v) is 8.35. The second kappa shape index (κ2) is 6.93. The van der Waals surface area contributed by atoms with E-state index in [1.807, 2.05) is 6.07 Å². The van der Waals surface area contributed by atoms with Crippen LogP contribution in [0.15, 0.2) is 53.0 Å². The predicted octanol–water partition coefficient (Wildman–Crippen LogP) is 4.25. The molecule has 1 aliphatic rings. The molecule has 0 radical (unpaired) electrons. The van der Waals surface area contributed by atoms with E-state index in [1.54, 1.807) is 0 Å². The maximum Gasteiger partial charge on any atom is 0.0476 e. The van der Waals surface area contributed by atoms with Crippen molar-refractivity contribution in [2.24, 2.45) is 0 Å². The molecule has 1 heterocycles. The molecule has 1 N–H and O–H groups in total. The Morgan fingerprint density at radius 1 is 1.19 bits per heavy atom. The number of rotatable bonds is 3. The van der Waals surface area contributed by atoms with Crippen molar-refractivity contribution in [3.63, 3.8) is 0 Å². The second-order valence-corrected chi connectivity index (χ2v) is 6.66. The summed E-state index contributed by atoms with van der Waals surface area (Å²) in [5, 5.41) is 4.32. The van der Waals surface area contributed by atoms with E-state index < -0.39 is 0 Å². The topological polar surface area (TPSA) is 15.3 Å². The minimum atomic E-state index is 0.402. The van der Waals surface area contributed by atoms with Gasteiger partial charge in [0.15, 0.2) is 0 Å². The molecule has 1 aliphatic heterocycles. The van der Waals surface area contributed by atoms with E-state index in [-0.39, 0.29) is 0 Å². The lowest BCUT2D eigenvalue weighted by molar-refractivity contribution is 0.154. The highest BCUT2D eigenvalue weighted by atomic mass is 79.9. The molecule has 0 saturated carbocycles. The maximum atomic E-state index is 6.37. The summed E-state index contributed by atoms with van der Waals surface area (Å²) < 4.78 is 1.02. The number of piperazine rings is 1. The number of benzene rings is 2. The van der Waals surface area contributed by atoms with Crippen LogP contribution in [0.3, 0.4) is 0 Å². The average molecular weight is 366 g/mol. The van der Waals surface area contributed by atoms with Gasteiger partial charge in [-0.25, -0.2) is 0 Å². The molecule has 110 valence electrons. The Kier molecular flexibility index (Phi) is 4.96. The van der Waals surface area contributed by atoms with E-state index in [1.165, 1.54) is 11.1 Å². The molecule has 1 unspecified atom stereocenters. The minimum absolute atomic E-state index is 0.402.